The van der Waals surface area contributed by atoms with E-state index in [1.54, 1.807) is 0 Å². The summed E-state index contributed by atoms with van der Waals surface area (Å²) >= 11 is 0. The van der Waals surface area contributed by atoms with Gasteiger partial charge in [0, 0.05) is 125 Å². The van der Waals surface area contributed by atoms with E-state index >= 15 is 9.59 Å². The van der Waals surface area contributed by atoms with Gasteiger partial charge in [-0.1, -0.05) is 37.8 Å². The number of ether oxygens (including phenoxy) is 29. The summed E-state index contributed by atoms with van der Waals surface area (Å²) < 4.78 is 264. The summed E-state index contributed by atoms with van der Waals surface area (Å²) in [5, 5.41) is 3.98. The van der Waals surface area contributed by atoms with Crippen LogP contribution in [0, 0.1) is 0 Å². The smallest absolute Gasteiger partial charge is 0.465 e. The molecule has 54 nitrogen and oxygen atoms in total. The van der Waals surface area contributed by atoms with E-state index in [0.29, 0.717) is 40.8 Å². The Balaban J connectivity index is 1.67. The number of nitrogens with one attached hydrogen (secondary N) is 2. The molecule has 145 heavy (non-hydrogen) atoms. The number of amides is 2. The summed E-state index contributed by atoms with van der Waals surface area (Å²) in [5.74, 6) is -30.8. The Kier molecular flexibility index (Phi) is 44.2. The number of methoxy groups -OCH3 is 1. The molecule has 3 N–H and O–H groups in total. The molecular weight excluding hydrogens is 2010 g/mol. The first kappa shape index (κ1) is 120. The van der Waals surface area contributed by atoms with Crippen LogP contribution in [-0.2, 0) is 238 Å². The Labute approximate surface area is 826 Å². The monoisotopic (exact) mass is 2130 g/mol. The van der Waals surface area contributed by atoms with E-state index in [1.165, 1.54) is 23.5 Å². The maximum atomic E-state index is 15.7. The molecule has 7 rings (SSSR count). The Morgan fingerprint density at radius 2 is 0.828 bits per heavy atom. The molecule has 6 saturated heterocycles. The van der Waals surface area contributed by atoms with Crippen LogP contribution in [0.2, 0.25) is 25.7 Å². The van der Waals surface area contributed by atoms with Crippen LogP contribution in [-0.4, -0.2) is 377 Å². The van der Waals surface area contributed by atoms with Crippen LogP contribution >= 0.6 is 0 Å². The zero-order valence-electron chi connectivity index (χ0n) is 82.2. The van der Waals surface area contributed by atoms with Crippen LogP contribution in [0.3, 0.4) is 0 Å². The number of carbonyl (C=O) groups excluding carboxylic acids is 19. The Hall–Kier alpha value is -11.5. The lowest BCUT2D eigenvalue weighted by Gasteiger charge is -2.53. The third kappa shape index (κ3) is 36.0. The molecule has 0 saturated carbocycles. The quantitative estimate of drug-likeness (QED) is 0.0326. The predicted molar refractivity (Wildman–Crippen MR) is 458 cm³/mol. The lowest BCUT2D eigenvalue weighted by molar-refractivity contribution is -0.399. The molecule has 31 atom stereocenters. The molecule has 0 aliphatic carbocycles. The third-order valence-corrected chi connectivity index (χ3v) is 23.4. The number of rotatable bonds is 43. The molecule has 6 aliphatic heterocycles. The number of esters is 17. The van der Waals surface area contributed by atoms with Crippen LogP contribution in [0.1, 0.15) is 134 Å². The Morgan fingerprint density at radius 1 is 0.434 bits per heavy atom. The molecule has 2 amide bonds. The molecule has 0 aromatic heterocycles. The van der Waals surface area contributed by atoms with Crippen molar-refractivity contribution >= 4 is 132 Å². The number of halogens is 3. The van der Waals surface area contributed by atoms with Crippen LogP contribution in [0.4, 0.5) is 13.2 Å². The highest BCUT2D eigenvalue weighted by atomic mass is 32.3. The molecule has 0 radical (unpaired) electrons. The van der Waals surface area contributed by atoms with Crippen LogP contribution < -0.4 is 10.6 Å². The SMILES string of the molecule is COC(=O)[C@@]1(O[C@H]2[C@@H](OC(C)=O)[C@@H](COC(C)=O)O[C@@H](O[C@H]3[C@H](O[C@@H]4O[C@@H](C)[C@@H](OC(C)=O)[C@@H](OC(C)=O)[C@@H]4OC(C)=O)[C@@H](NC(C)=O)[C@H](O[C@H]4[C@@H](OC(C)=O)[C@@H](COC(C)=O)O[C@@H](O[C@H]5[C@H](OC(C)=O)[C@@H](OC(C)=O)[C@H](OCC[Si](C)(C)C)O[C@@H]5COC(C)=O)[C@@H]4OC(C)=O)O[C@@H]3COS(=O)(=O)O)[C@@H]2OC(=O)c2ccccc2)C[C@H](OC(C)=O)[C@@H](NC(=O)C(F)(F)F)[C@H]([C@H](OC(C)=O)[C@@H](COC(C)=O)OC(C)=O)O1. The summed E-state index contributed by atoms with van der Waals surface area (Å²) in [6, 6.07) is 1.05. The predicted octanol–water partition coefficient (Wildman–Crippen LogP) is -0.332. The zero-order valence-corrected chi connectivity index (χ0v) is 84.0. The van der Waals surface area contributed by atoms with Gasteiger partial charge in [-0.15, -0.1) is 0 Å². The van der Waals surface area contributed by atoms with Gasteiger partial charge in [-0.3, -0.25) is 86.1 Å². The van der Waals surface area contributed by atoms with Gasteiger partial charge in [0.15, 0.2) is 98.6 Å². The molecule has 59 heteroatoms. The van der Waals surface area contributed by atoms with Crippen molar-refractivity contribution in [2.24, 2.45) is 0 Å². The third-order valence-electron chi connectivity index (χ3n) is 21.2. The van der Waals surface area contributed by atoms with Gasteiger partial charge in [-0.2, -0.15) is 21.6 Å². The molecule has 1 aromatic rings. The van der Waals surface area contributed by atoms with Crippen molar-refractivity contribution < 1.29 is 259 Å². The Bertz CT molecular complexity index is 4890. The summed E-state index contributed by atoms with van der Waals surface area (Å²) in [6.45, 7) is 13.1. The van der Waals surface area contributed by atoms with Crippen molar-refractivity contribution in [2.45, 2.75) is 346 Å². The number of carbonyl (C=O) groups is 19. The van der Waals surface area contributed by atoms with Crippen molar-refractivity contribution in [1.82, 2.24) is 10.6 Å². The molecule has 6 fully saturated rings. The van der Waals surface area contributed by atoms with Gasteiger partial charge < -0.3 is 148 Å². The molecule has 1 aromatic carbocycles. The van der Waals surface area contributed by atoms with Crippen molar-refractivity contribution in [3.8, 4) is 0 Å². The lowest BCUT2D eigenvalue weighted by Crippen LogP contribution is -2.73. The fourth-order valence-corrected chi connectivity index (χ4v) is 16.9. The van der Waals surface area contributed by atoms with Crippen LogP contribution in [0.25, 0.3) is 0 Å². The Morgan fingerprint density at radius 3 is 1.28 bits per heavy atom. The lowest BCUT2D eigenvalue weighted by atomic mass is 9.87. The molecule has 0 bridgehead atoms. The average molecular weight is 2130 g/mol. The van der Waals surface area contributed by atoms with Gasteiger partial charge in [0.2, 0.25) is 5.91 Å². The summed E-state index contributed by atoms with van der Waals surface area (Å²) in [7, 11) is -7.49. The molecule has 0 unspecified atom stereocenters. The van der Waals surface area contributed by atoms with E-state index in [4.69, 9.17) is 142 Å². The summed E-state index contributed by atoms with van der Waals surface area (Å²) in [5.41, 5.74) is -0.526. The standard InChI is InChI=1S/C86H117F3N2O52SSi/c1-35-61(124-43(9)99)69(128-47(13)103)74(131-50(16)106)80(121-35)140-67-60(90-36(2)92)78(141-71-64(126-45(11)101)55(31-117-38(4)94)135-81(75(71)132-51(17)107)139-65-56(32-118-39(5)95)134-79(115-27-28-145(19,20)21)73(130-49(15)105)70(65)129-48(14)104)133-58(34-120-144(111,112)113)62(67)138-82-76(137-77(108)52-25-23-22-24-26-52)72(66(127-46(12)102)57(136-82)33-119-40(6)96)143-85(84(110)114-18)29-53(122-41(7)97)59(91-83(109)86(87,88)89)68(142-85)63(125-44(10)100)54(123-42(8)98)30-116-37(3)93/h22-26,35,53-76,78-82H,27-34H2,1-21H3,(H,90,92)(H,91,109)(H,111,112,113)/t35-,53-,54+,55+,56+,57+,58+,59+,60+,61+,62+,63+,64-,65+,66-,67+,68+,69+,70-,71-,72-,73+,74-,75+,76+,78-,79+,80-,81-,82-,85-/m0/s1. The highest BCUT2D eigenvalue weighted by Crippen LogP contribution is 2.46. The first-order chi connectivity index (χ1) is 67.5. The van der Waals surface area contributed by atoms with E-state index < -0.39 is 373 Å². The maximum absolute atomic E-state index is 15.7. The highest BCUT2D eigenvalue weighted by molar-refractivity contribution is 7.80. The molecule has 814 valence electrons. The fraction of sp³-hybridized carbons (Fsp3) is 0.709. The number of benzene rings is 1. The van der Waals surface area contributed by atoms with E-state index in [0.717, 1.165) is 102 Å². The first-order valence-corrected chi connectivity index (χ1v) is 49.5. The zero-order chi connectivity index (χ0) is 109. The molecule has 6 heterocycles. The molecule has 6 aliphatic rings. The van der Waals surface area contributed by atoms with Crippen molar-refractivity contribution in [3.63, 3.8) is 0 Å². The van der Waals surface area contributed by atoms with Crippen molar-refractivity contribution in [2.75, 3.05) is 46.8 Å². The van der Waals surface area contributed by atoms with Gasteiger partial charge in [0.1, 0.15) is 99.6 Å². The van der Waals surface area contributed by atoms with E-state index in [-0.39, 0.29) is 6.61 Å². The van der Waals surface area contributed by atoms with Crippen molar-refractivity contribution in [1.29, 1.82) is 0 Å². The number of alkyl halides is 3. The molecule has 0 spiro atoms. The van der Waals surface area contributed by atoms with Crippen LogP contribution in [0.5, 0.6) is 0 Å². The van der Waals surface area contributed by atoms with Gasteiger partial charge >= 0.3 is 124 Å². The maximum Gasteiger partial charge on any atom is 0.471 e. The van der Waals surface area contributed by atoms with E-state index in [9.17, 15) is 108 Å². The normalized spacial score (nSPS) is 30.8. The average Bonchev–Trinajstić information content (AvgIpc) is 0.725. The number of hydrogen-bond donors (Lipinski definition) is 3. The highest BCUT2D eigenvalue weighted by Gasteiger charge is 2.67. The van der Waals surface area contributed by atoms with Crippen LogP contribution in [0.15, 0.2) is 30.3 Å². The minimum Gasteiger partial charge on any atom is -0.465 e. The topological polar surface area (TPSA) is 680 Å². The second-order valence-electron chi connectivity index (χ2n) is 34.4. The minimum absolute atomic E-state index is 0.119. The van der Waals surface area contributed by atoms with Gasteiger partial charge in [-0.05, 0) is 25.1 Å². The second-order valence-corrected chi connectivity index (χ2v) is 41.1. The number of hydrogen-bond acceptors (Lipinski definition) is 51. The van der Waals surface area contributed by atoms with Gasteiger partial charge in [-0.25, -0.2) is 13.8 Å². The largest absolute Gasteiger partial charge is 0.471 e. The van der Waals surface area contributed by atoms with E-state index in [2.05, 4.69) is 5.32 Å². The first-order valence-electron chi connectivity index (χ1n) is 44.4. The van der Waals surface area contributed by atoms with Crippen molar-refractivity contribution in [3.05, 3.63) is 35.9 Å². The fourth-order valence-electron chi connectivity index (χ4n) is 15.9. The van der Waals surface area contributed by atoms with Gasteiger partial charge in [0.05, 0.1) is 37.8 Å². The summed E-state index contributed by atoms with van der Waals surface area (Å²) in [4.78, 5) is 261. The van der Waals surface area contributed by atoms with E-state index in [1.807, 2.05) is 19.6 Å². The van der Waals surface area contributed by atoms with Gasteiger partial charge in [0.25, 0.3) is 5.79 Å². The minimum atomic E-state index is -6.02. The second kappa shape index (κ2) is 53.2. The molecular formula is C86H117F3N2O52SSi. The summed E-state index contributed by atoms with van der Waals surface area (Å²) in [6.07, 6.45) is -75.7.